The highest BCUT2D eigenvalue weighted by Crippen LogP contribution is 1.71. The fourth-order valence-electron chi connectivity index (χ4n) is 0.274. The van der Waals surface area contributed by atoms with Crippen molar-refractivity contribution in [1.82, 2.24) is 4.90 Å². The van der Waals surface area contributed by atoms with Crippen molar-refractivity contribution in [2.45, 2.75) is 0 Å². The third-order valence-corrected chi connectivity index (χ3v) is 1.15. The van der Waals surface area contributed by atoms with Crippen LogP contribution in [0.15, 0.2) is 0 Å². The van der Waals surface area contributed by atoms with E-state index >= 15 is 0 Å². The first-order valence-corrected chi connectivity index (χ1v) is 3.22. The first-order valence-electron chi connectivity index (χ1n) is 2.41. The van der Waals surface area contributed by atoms with E-state index in [0.29, 0.717) is 0 Å². The molecule has 0 aromatic rings. The summed E-state index contributed by atoms with van der Waals surface area (Å²) in [6.07, 6.45) is 0. The second kappa shape index (κ2) is 4.61. The number of rotatable bonds is 3. The molecule has 0 N–H and O–H groups in total. The molecule has 3 heteroatoms. The van der Waals surface area contributed by atoms with Crippen LogP contribution in [0.4, 0.5) is 0 Å². The van der Waals surface area contributed by atoms with E-state index in [9.17, 15) is 0 Å². The number of nitrogens with zero attached hydrogens (tertiary/aromatic N) is 1. The van der Waals surface area contributed by atoms with Gasteiger partial charge in [0.1, 0.15) is 0 Å². The molecule has 0 atom stereocenters. The highest BCUT2D eigenvalue weighted by molar-refractivity contribution is 5.97. The van der Waals surface area contributed by atoms with Gasteiger partial charge in [-0.05, 0) is 14.1 Å². The Labute approximate surface area is 53.2 Å². The smallest absolute Gasteiger partial charge is 0.410 e. The molecule has 0 amide bonds. The quantitative estimate of drug-likeness (QED) is 0.445. The maximum absolute atomic E-state index is 4.95. The predicted molar refractivity (Wildman–Crippen MR) is 33.0 cm³/mol. The van der Waals surface area contributed by atoms with Crippen molar-refractivity contribution < 1.29 is 3.79 Å². The first-order chi connectivity index (χ1) is 3.27. The van der Waals surface area contributed by atoms with E-state index in [1.54, 1.807) is 0 Å². The van der Waals surface area contributed by atoms with Crippen molar-refractivity contribution in [2.75, 3.05) is 27.2 Å². The zero-order valence-corrected chi connectivity index (χ0v) is 7.27. The van der Waals surface area contributed by atoms with Crippen LogP contribution in [0, 0.1) is 0 Å². The Bertz CT molecular complexity index is 40.7. The fourth-order valence-corrected chi connectivity index (χ4v) is 0.456. The van der Waals surface area contributed by atoms with Gasteiger partial charge >= 0.3 is 16.6 Å². The molecular weight excluding hydrogens is 105 g/mol. The van der Waals surface area contributed by atoms with Crippen LogP contribution in [0.2, 0.25) is 0 Å². The van der Waals surface area contributed by atoms with E-state index in [0.717, 1.165) is 29.8 Å². The lowest BCUT2D eigenvalue weighted by molar-refractivity contribution is 0.279. The third-order valence-electron chi connectivity index (χ3n) is 0.743. The highest BCUT2D eigenvalue weighted by Gasteiger charge is 1.83. The largest absolute Gasteiger partial charge is 0.505 e. The molecule has 0 saturated carbocycles. The van der Waals surface area contributed by atoms with Gasteiger partial charge in [0.15, 0.2) is 0 Å². The zero-order valence-electron chi connectivity index (χ0n) is 5.27. The lowest BCUT2D eigenvalue weighted by Gasteiger charge is -2.07. The van der Waals surface area contributed by atoms with Crippen LogP contribution in [0.5, 0.6) is 0 Å². The number of hydrogen-bond donors (Lipinski definition) is 0. The summed E-state index contributed by atoms with van der Waals surface area (Å²) in [4.78, 5) is 2.11. The summed E-state index contributed by atoms with van der Waals surface area (Å²) in [5.74, 6) is 0. The van der Waals surface area contributed by atoms with Crippen LogP contribution in [-0.2, 0) is 3.79 Å². The maximum atomic E-state index is 4.95. The molecule has 0 unspecified atom stereocenters. The molecule has 0 bridgehead atoms. The lowest BCUT2D eigenvalue weighted by atomic mass is 10.6. The highest BCUT2D eigenvalue weighted by atomic mass is 27.1. The summed E-state index contributed by atoms with van der Waals surface area (Å²) >= 11 is 0.868. The van der Waals surface area contributed by atoms with Crippen molar-refractivity contribution in [1.29, 1.82) is 0 Å². The van der Waals surface area contributed by atoms with Crippen molar-refractivity contribution in [3.63, 3.8) is 0 Å². The van der Waals surface area contributed by atoms with Crippen LogP contribution in [0.3, 0.4) is 0 Å². The van der Waals surface area contributed by atoms with Crippen molar-refractivity contribution in [2.24, 2.45) is 0 Å². The van der Waals surface area contributed by atoms with Gasteiger partial charge in [0.25, 0.3) is 0 Å². The Morgan fingerprint density at radius 3 is 2.29 bits per heavy atom. The molecule has 0 rings (SSSR count). The van der Waals surface area contributed by atoms with Crippen LogP contribution >= 0.6 is 0 Å². The van der Waals surface area contributed by atoms with Gasteiger partial charge in [-0.1, -0.05) is 0 Å². The molecule has 0 saturated heterocycles. The van der Waals surface area contributed by atoms with Gasteiger partial charge in [-0.15, -0.1) is 0 Å². The van der Waals surface area contributed by atoms with E-state index in [4.69, 9.17) is 3.79 Å². The van der Waals surface area contributed by atoms with E-state index in [1.165, 1.54) is 0 Å². The van der Waals surface area contributed by atoms with Gasteiger partial charge in [0, 0.05) is 13.2 Å². The average Bonchev–Trinajstić information content (AvgIpc) is 1.61. The van der Waals surface area contributed by atoms with Gasteiger partial charge in [-0.2, -0.15) is 0 Å². The Morgan fingerprint density at radius 2 is 2.14 bits per heavy atom. The van der Waals surface area contributed by atoms with Crippen LogP contribution in [0.1, 0.15) is 0 Å². The first kappa shape index (κ1) is 7.45. The van der Waals surface area contributed by atoms with E-state index in [1.807, 2.05) is 14.1 Å². The van der Waals surface area contributed by atoms with Gasteiger partial charge in [-0.3, -0.25) is 0 Å². The SMILES string of the molecule is CN(C)CC[O][AlH2]. The van der Waals surface area contributed by atoms with Crippen LogP contribution in [-0.4, -0.2) is 48.8 Å². The summed E-state index contributed by atoms with van der Waals surface area (Å²) < 4.78 is 4.95. The molecule has 0 heterocycles. The molecule has 0 aromatic heterocycles. The maximum Gasteiger partial charge on any atom is 0.410 e. The monoisotopic (exact) mass is 117 g/mol. The molecule has 0 radical (unpaired) electrons. The minimum absolute atomic E-state index is 0.868. The summed E-state index contributed by atoms with van der Waals surface area (Å²) in [7, 11) is 4.08. The Morgan fingerprint density at radius 1 is 1.57 bits per heavy atom. The molecule has 0 spiro atoms. The molecule has 0 aliphatic rings. The molecular formula is C4H12AlNO. The molecule has 0 fully saturated rings. The lowest BCUT2D eigenvalue weighted by Crippen LogP contribution is -2.17. The normalized spacial score (nSPS) is 10.1. The third kappa shape index (κ3) is 6.45. The molecule has 42 valence electrons. The van der Waals surface area contributed by atoms with Crippen LogP contribution in [0.25, 0.3) is 0 Å². The molecule has 0 aromatic carbocycles. The number of hydrogen-bond acceptors (Lipinski definition) is 2. The molecule has 0 aliphatic carbocycles. The second-order valence-corrected chi connectivity index (χ2v) is 2.37. The molecule has 0 aliphatic heterocycles. The predicted octanol–water partition coefficient (Wildman–Crippen LogP) is -0.887. The van der Waals surface area contributed by atoms with Gasteiger partial charge in [-0.25, -0.2) is 0 Å². The Kier molecular flexibility index (Phi) is 4.91. The van der Waals surface area contributed by atoms with E-state index in [-0.39, 0.29) is 0 Å². The summed E-state index contributed by atoms with van der Waals surface area (Å²) in [6, 6.07) is 0. The average molecular weight is 117 g/mol. The standard InChI is InChI=1S/C4H10NO.Al.2H/c1-5(2)3-4-6;;;/h3-4H2,1-2H3;;;/q-1;+1;;. The topological polar surface area (TPSA) is 12.5 Å². The van der Waals surface area contributed by atoms with Crippen molar-refractivity contribution in [3.05, 3.63) is 0 Å². The Hall–Kier alpha value is 0.452. The molecule has 2 nitrogen and oxygen atoms in total. The van der Waals surface area contributed by atoms with Crippen molar-refractivity contribution in [3.8, 4) is 0 Å². The van der Waals surface area contributed by atoms with Gasteiger partial charge in [0.2, 0.25) is 0 Å². The summed E-state index contributed by atoms with van der Waals surface area (Å²) in [6.45, 7) is 1.93. The van der Waals surface area contributed by atoms with Crippen molar-refractivity contribution >= 4 is 16.6 Å². The Balaban J connectivity index is 2.68. The number of likely N-dealkylation sites (N-methyl/N-ethyl adjacent to an activating group) is 1. The summed E-state index contributed by atoms with van der Waals surface area (Å²) in [5.41, 5.74) is 0. The van der Waals surface area contributed by atoms with E-state index in [2.05, 4.69) is 4.90 Å². The second-order valence-electron chi connectivity index (χ2n) is 1.80. The fraction of sp³-hybridized carbons (Fsp3) is 1.00. The summed E-state index contributed by atoms with van der Waals surface area (Å²) in [5, 5.41) is 0. The molecule has 7 heavy (non-hydrogen) atoms. The minimum Gasteiger partial charge on any atom is -0.505 e. The van der Waals surface area contributed by atoms with Gasteiger partial charge in [0.05, 0.1) is 0 Å². The van der Waals surface area contributed by atoms with Crippen LogP contribution < -0.4 is 0 Å². The van der Waals surface area contributed by atoms with E-state index < -0.39 is 0 Å². The van der Waals surface area contributed by atoms with Gasteiger partial charge < -0.3 is 8.69 Å². The zero-order chi connectivity index (χ0) is 5.70. The minimum atomic E-state index is 0.868.